The van der Waals surface area contributed by atoms with Crippen molar-refractivity contribution >= 4 is 11.6 Å². The summed E-state index contributed by atoms with van der Waals surface area (Å²) < 4.78 is 39.9. The maximum absolute atomic E-state index is 13.0. The highest BCUT2D eigenvalue weighted by Gasteiger charge is 2.53. The molecule has 10 heteroatoms. The first-order valence-corrected chi connectivity index (χ1v) is 8.71. The smallest absolute Gasteiger partial charge is 0.393 e. The molecule has 1 unspecified atom stereocenters. The standard InChI is InChI=1S/C19H20F3N5O2/c1-12-5-14(7-16(6-12)26-17-23-4-3-13(2)25-17)15-8-24-27(9-15)10-18(29,11-28)19(20,21)22/h3-9,28-29H,10-11H2,1-2H3,(H,23,25,26). The van der Waals surface area contributed by atoms with Crippen molar-refractivity contribution in [3.8, 4) is 11.1 Å². The van der Waals surface area contributed by atoms with Gasteiger partial charge in [-0.25, -0.2) is 9.97 Å². The lowest BCUT2D eigenvalue weighted by Crippen LogP contribution is -2.51. The molecule has 154 valence electrons. The quantitative estimate of drug-likeness (QED) is 0.581. The van der Waals surface area contributed by atoms with Crippen molar-refractivity contribution in [3.63, 3.8) is 0 Å². The number of nitrogens with zero attached hydrogens (tertiary/aromatic N) is 4. The van der Waals surface area contributed by atoms with Gasteiger partial charge in [0.05, 0.1) is 19.3 Å². The van der Waals surface area contributed by atoms with E-state index in [2.05, 4.69) is 20.4 Å². The highest BCUT2D eigenvalue weighted by molar-refractivity contribution is 5.70. The van der Waals surface area contributed by atoms with Crippen LogP contribution in [-0.4, -0.2) is 48.3 Å². The van der Waals surface area contributed by atoms with E-state index in [0.717, 1.165) is 15.9 Å². The maximum atomic E-state index is 13.0. The van der Waals surface area contributed by atoms with Crippen LogP contribution in [0.15, 0.2) is 42.9 Å². The molecule has 0 amide bonds. The number of hydrogen-bond acceptors (Lipinski definition) is 6. The van der Waals surface area contributed by atoms with Crippen LogP contribution in [0.3, 0.4) is 0 Å². The highest BCUT2D eigenvalue weighted by atomic mass is 19.4. The fourth-order valence-electron chi connectivity index (χ4n) is 2.76. The van der Waals surface area contributed by atoms with E-state index < -0.39 is 24.9 Å². The van der Waals surface area contributed by atoms with Crippen molar-refractivity contribution in [3.05, 3.63) is 54.1 Å². The van der Waals surface area contributed by atoms with Gasteiger partial charge in [0.15, 0.2) is 0 Å². The van der Waals surface area contributed by atoms with Gasteiger partial charge >= 0.3 is 6.18 Å². The van der Waals surface area contributed by atoms with E-state index in [1.165, 1.54) is 12.4 Å². The van der Waals surface area contributed by atoms with Crippen molar-refractivity contribution in [2.45, 2.75) is 32.2 Å². The molecule has 0 radical (unpaired) electrons. The van der Waals surface area contributed by atoms with Gasteiger partial charge in [-0.3, -0.25) is 4.68 Å². The Morgan fingerprint density at radius 1 is 1.14 bits per heavy atom. The molecule has 2 heterocycles. The molecule has 0 saturated heterocycles. The molecule has 3 rings (SSSR count). The second-order valence-corrected chi connectivity index (χ2v) is 6.85. The predicted octanol–water partition coefficient (Wildman–Crippen LogP) is 2.99. The van der Waals surface area contributed by atoms with Crippen molar-refractivity contribution in [1.29, 1.82) is 0 Å². The van der Waals surface area contributed by atoms with Crippen molar-refractivity contribution in [1.82, 2.24) is 19.7 Å². The molecule has 3 aromatic rings. The summed E-state index contributed by atoms with van der Waals surface area (Å²) in [7, 11) is 0. The SMILES string of the molecule is Cc1cc(Nc2nccc(C)n2)cc(-c2cnn(CC(O)(CO)C(F)(F)F)c2)c1. The third-order valence-electron chi connectivity index (χ3n) is 4.31. The Hall–Kier alpha value is -2.98. The summed E-state index contributed by atoms with van der Waals surface area (Å²) in [5.74, 6) is 0.426. The number of halogens is 3. The third kappa shape index (κ3) is 4.72. The molecule has 0 aliphatic heterocycles. The summed E-state index contributed by atoms with van der Waals surface area (Å²) in [6.45, 7) is 1.35. The molecule has 2 aromatic heterocycles. The van der Waals surface area contributed by atoms with E-state index in [9.17, 15) is 18.3 Å². The summed E-state index contributed by atoms with van der Waals surface area (Å²) >= 11 is 0. The molecule has 3 N–H and O–H groups in total. The lowest BCUT2D eigenvalue weighted by Gasteiger charge is -2.28. The van der Waals surface area contributed by atoms with E-state index in [1.807, 2.05) is 26.0 Å². The van der Waals surface area contributed by atoms with Crippen LogP contribution < -0.4 is 5.32 Å². The third-order valence-corrected chi connectivity index (χ3v) is 4.31. The number of aromatic nitrogens is 4. The molecule has 0 aliphatic carbocycles. The van der Waals surface area contributed by atoms with E-state index in [-0.39, 0.29) is 0 Å². The Morgan fingerprint density at radius 2 is 1.90 bits per heavy atom. The fraction of sp³-hybridized carbons (Fsp3) is 0.316. The highest BCUT2D eigenvalue weighted by Crippen LogP contribution is 2.32. The van der Waals surface area contributed by atoms with E-state index in [4.69, 9.17) is 5.11 Å². The zero-order valence-electron chi connectivity index (χ0n) is 15.8. The van der Waals surface area contributed by atoms with Gasteiger partial charge < -0.3 is 15.5 Å². The van der Waals surface area contributed by atoms with Gasteiger partial charge in [0.1, 0.15) is 0 Å². The van der Waals surface area contributed by atoms with Gasteiger partial charge in [0.2, 0.25) is 11.5 Å². The van der Waals surface area contributed by atoms with E-state index >= 15 is 0 Å². The molecular weight excluding hydrogens is 387 g/mol. The topological polar surface area (TPSA) is 96.1 Å². The van der Waals surface area contributed by atoms with Gasteiger partial charge in [-0.15, -0.1) is 0 Å². The normalized spacial score (nSPS) is 13.9. The average molecular weight is 407 g/mol. The summed E-state index contributed by atoms with van der Waals surface area (Å²) in [6, 6.07) is 7.30. The van der Waals surface area contributed by atoms with Crippen molar-refractivity contribution in [2.24, 2.45) is 0 Å². The Kier molecular flexibility index (Phi) is 5.58. The molecule has 0 bridgehead atoms. The number of benzene rings is 1. The number of nitrogens with one attached hydrogen (secondary N) is 1. The minimum atomic E-state index is -4.98. The molecule has 29 heavy (non-hydrogen) atoms. The van der Waals surface area contributed by atoms with Gasteiger partial charge in [-0.05, 0) is 43.2 Å². The van der Waals surface area contributed by atoms with Gasteiger partial charge in [-0.1, -0.05) is 6.07 Å². The Morgan fingerprint density at radius 3 is 2.55 bits per heavy atom. The Labute approximate surface area is 164 Å². The van der Waals surface area contributed by atoms with Crippen molar-refractivity contribution in [2.75, 3.05) is 11.9 Å². The number of anilines is 2. The van der Waals surface area contributed by atoms with Crippen molar-refractivity contribution < 1.29 is 23.4 Å². The Balaban J connectivity index is 1.85. The first-order valence-electron chi connectivity index (χ1n) is 8.71. The summed E-state index contributed by atoms with van der Waals surface area (Å²) in [5.41, 5.74) is 0.430. The lowest BCUT2D eigenvalue weighted by molar-refractivity contribution is -0.276. The largest absolute Gasteiger partial charge is 0.421 e. The summed E-state index contributed by atoms with van der Waals surface area (Å²) in [6.07, 6.45) is -0.569. The number of aliphatic hydroxyl groups is 2. The number of aryl methyl sites for hydroxylation is 2. The van der Waals surface area contributed by atoms with Crippen LogP contribution in [0.25, 0.3) is 11.1 Å². The average Bonchev–Trinajstić information content (AvgIpc) is 3.08. The van der Waals surface area contributed by atoms with Gasteiger partial charge in [0.25, 0.3) is 0 Å². The van der Waals surface area contributed by atoms with Crippen LogP contribution >= 0.6 is 0 Å². The zero-order chi connectivity index (χ0) is 21.2. The lowest BCUT2D eigenvalue weighted by atomic mass is 10.0. The molecule has 0 spiro atoms. The van der Waals surface area contributed by atoms with Crippen LogP contribution in [0, 0.1) is 13.8 Å². The van der Waals surface area contributed by atoms with Crippen LogP contribution in [0.4, 0.5) is 24.8 Å². The molecule has 0 saturated carbocycles. The minimum Gasteiger partial charge on any atom is -0.393 e. The number of rotatable bonds is 6. The van der Waals surface area contributed by atoms with Crippen LogP contribution in [0.1, 0.15) is 11.3 Å². The number of alkyl halides is 3. The van der Waals surface area contributed by atoms with Crippen LogP contribution in [0.2, 0.25) is 0 Å². The second kappa shape index (κ2) is 7.80. The van der Waals surface area contributed by atoms with Crippen LogP contribution in [-0.2, 0) is 6.54 Å². The van der Waals surface area contributed by atoms with Crippen LogP contribution in [0.5, 0.6) is 0 Å². The van der Waals surface area contributed by atoms with Gasteiger partial charge in [-0.2, -0.15) is 18.3 Å². The van der Waals surface area contributed by atoms with E-state index in [0.29, 0.717) is 22.8 Å². The molecule has 0 aliphatic rings. The number of hydrogen-bond donors (Lipinski definition) is 3. The molecular formula is C19H20F3N5O2. The number of aliphatic hydroxyl groups excluding tert-OH is 1. The monoisotopic (exact) mass is 407 g/mol. The Bertz CT molecular complexity index is 1010. The fourth-order valence-corrected chi connectivity index (χ4v) is 2.76. The first kappa shape index (κ1) is 20.7. The second-order valence-electron chi connectivity index (χ2n) is 6.85. The molecule has 1 atom stereocenters. The predicted molar refractivity (Wildman–Crippen MR) is 101 cm³/mol. The maximum Gasteiger partial charge on any atom is 0.421 e. The summed E-state index contributed by atoms with van der Waals surface area (Å²) in [4.78, 5) is 8.43. The molecule has 1 aromatic carbocycles. The van der Waals surface area contributed by atoms with E-state index in [1.54, 1.807) is 18.3 Å². The minimum absolute atomic E-state index is 0.426. The first-order chi connectivity index (χ1) is 13.6. The molecule has 0 fully saturated rings. The molecule has 7 nitrogen and oxygen atoms in total. The zero-order valence-corrected chi connectivity index (χ0v) is 15.8. The van der Waals surface area contributed by atoms with Gasteiger partial charge in [0, 0.05) is 29.3 Å². The summed E-state index contributed by atoms with van der Waals surface area (Å²) in [5, 5.41) is 25.7.